The number of rotatable bonds is 5. The smallest absolute Gasteiger partial charge is 0.0362 e. The molecule has 21 heavy (non-hydrogen) atoms. The molecule has 0 unspecified atom stereocenters. The molecule has 0 spiro atoms. The van der Waals surface area contributed by atoms with Crippen molar-refractivity contribution < 1.29 is 0 Å². The Kier molecular flexibility index (Phi) is 4.56. The van der Waals surface area contributed by atoms with Crippen LogP contribution in [0.25, 0.3) is 0 Å². The zero-order chi connectivity index (χ0) is 14.5. The molecule has 0 fully saturated rings. The number of nitrogen functional groups attached to an aromatic ring is 1. The Morgan fingerprint density at radius 3 is 2.67 bits per heavy atom. The number of nitrogens with zero attached hydrogens (tertiary/aromatic N) is 1. The zero-order valence-corrected chi connectivity index (χ0v) is 12.6. The molecular weight excluding hydrogens is 256 g/mol. The average Bonchev–Trinajstić information content (AvgIpc) is 2.53. The van der Waals surface area contributed by atoms with Crippen molar-refractivity contribution in [2.75, 3.05) is 18.8 Å². The summed E-state index contributed by atoms with van der Waals surface area (Å²) in [5.74, 6) is 0. The summed E-state index contributed by atoms with van der Waals surface area (Å²) in [6, 6.07) is 17.1. The lowest BCUT2D eigenvalue weighted by Crippen LogP contribution is -2.31. The van der Waals surface area contributed by atoms with Crippen LogP contribution in [0.2, 0.25) is 0 Å². The molecule has 1 aliphatic rings. The molecule has 0 saturated heterocycles. The fraction of sp³-hybridized carbons (Fsp3) is 0.368. The first-order valence-electron chi connectivity index (χ1n) is 7.95. The number of anilines is 1. The molecule has 2 N–H and O–H groups in total. The van der Waals surface area contributed by atoms with E-state index in [9.17, 15) is 0 Å². The van der Waals surface area contributed by atoms with E-state index in [1.165, 1.54) is 49.0 Å². The normalized spacial score (nSPS) is 14.9. The Bertz CT molecular complexity index is 577. The van der Waals surface area contributed by atoms with Gasteiger partial charge in [-0.1, -0.05) is 42.5 Å². The van der Waals surface area contributed by atoms with Crippen LogP contribution < -0.4 is 5.73 Å². The molecule has 2 nitrogen and oxygen atoms in total. The minimum Gasteiger partial charge on any atom is -0.398 e. The molecule has 0 radical (unpaired) electrons. The molecule has 0 bridgehead atoms. The fourth-order valence-electron chi connectivity index (χ4n) is 3.16. The van der Waals surface area contributed by atoms with Gasteiger partial charge in [0.05, 0.1) is 0 Å². The third-order valence-electron chi connectivity index (χ3n) is 4.42. The van der Waals surface area contributed by atoms with Crippen molar-refractivity contribution in [2.24, 2.45) is 0 Å². The first-order chi connectivity index (χ1) is 10.3. The lowest BCUT2D eigenvalue weighted by molar-refractivity contribution is 0.249. The molecule has 3 rings (SSSR count). The van der Waals surface area contributed by atoms with Crippen LogP contribution in [0.15, 0.2) is 48.5 Å². The van der Waals surface area contributed by atoms with Crippen molar-refractivity contribution in [3.8, 4) is 0 Å². The molecule has 2 aromatic carbocycles. The second-order valence-corrected chi connectivity index (χ2v) is 5.95. The van der Waals surface area contributed by atoms with E-state index in [1.807, 2.05) is 6.07 Å². The minimum absolute atomic E-state index is 0.960. The van der Waals surface area contributed by atoms with Crippen LogP contribution in [-0.4, -0.2) is 18.0 Å². The average molecular weight is 280 g/mol. The van der Waals surface area contributed by atoms with E-state index in [2.05, 4.69) is 47.4 Å². The molecule has 1 aliphatic heterocycles. The molecule has 2 aromatic rings. The summed E-state index contributed by atoms with van der Waals surface area (Å²) in [6.45, 7) is 3.37. The van der Waals surface area contributed by atoms with E-state index in [4.69, 9.17) is 5.73 Å². The molecule has 2 heteroatoms. The van der Waals surface area contributed by atoms with Crippen LogP contribution >= 0.6 is 0 Å². The van der Waals surface area contributed by atoms with Crippen LogP contribution in [0.4, 0.5) is 5.69 Å². The number of nitrogens with two attached hydrogens (primary N) is 1. The number of unbranched alkanes of at least 4 members (excludes halogenated alkanes) is 1. The predicted molar refractivity (Wildman–Crippen MR) is 89.2 cm³/mol. The van der Waals surface area contributed by atoms with Gasteiger partial charge in [0.15, 0.2) is 0 Å². The second kappa shape index (κ2) is 6.77. The van der Waals surface area contributed by atoms with Gasteiger partial charge in [-0.15, -0.1) is 0 Å². The van der Waals surface area contributed by atoms with Gasteiger partial charge in [-0.2, -0.15) is 0 Å². The van der Waals surface area contributed by atoms with E-state index >= 15 is 0 Å². The first kappa shape index (κ1) is 14.2. The Morgan fingerprint density at radius 2 is 1.81 bits per heavy atom. The molecule has 110 valence electrons. The van der Waals surface area contributed by atoms with E-state index in [0.717, 1.165) is 18.7 Å². The second-order valence-electron chi connectivity index (χ2n) is 5.95. The van der Waals surface area contributed by atoms with Crippen molar-refractivity contribution in [2.45, 2.75) is 32.2 Å². The van der Waals surface area contributed by atoms with Crippen molar-refractivity contribution in [3.05, 3.63) is 65.2 Å². The van der Waals surface area contributed by atoms with Gasteiger partial charge in [0, 0.05) is 18.8 Å². The maximum atomic E-state index is 6.11. The molecular formula is C19H24N2. The van der Waals surface area contributed by atoms with Gasteiger partial charge in [0.2, 0.25) is 0 Å². The topological polar surface area (TPSA) is 29.3 Å². The van der Waals surface area contributed by atoms with Crippen LogP contribution in [0, 0.1) is 0 Å². The van der Waals surface area contributed by atoms with Gasteiger partial charge in [0.25, 0.3) is 0 Å². The maximum Gasteiger partial charge on any atom is 0.0362 e. The van der Waals surface area contributed by atoms with Crippen LogP contribution in [0.3, 0.4) is 0 Å². The summed E-state index contributed by atoms with van der Waals surface area (Å²) < 4.78 is 0. The summed E-state index contributed by atoms with van der Waals surface area (Å²) in [6.07, 6.45) is 4.85. The highest BCUT2D eigenvalue weighted by molar-refractivity contribution is 5.51. The third-order valence-corrected chi connectivity index (χ3v) is 4.42. The Morgan fingerprint density at radius 1 is 0.952 bits per heavy atom. The van der Waals surface area contributed by atoms with Gasteiger partial charge in [-0.05, 0) is 55.0 Å². The van der Waals surface area contributed by atoms with E-state index in [1.54, 1.807) is 0 Å². The van der Waals surface area contributed by atoms with Gasteiger partial charge in [-0.3, -0.25) is 4.90 Å². The van der Waals surface area contributed by atoms with Gasteiger partial charge in [-0.25, -0.2) is 0 Å². The number of fused-ring (bicyclic) bond motifs is 1. The summed E-state index contributed by atoms with van der Waals surface area (Å²) in [7, 11) is 0. The highest BCUT2D eigenvalue weighted by Gasteiger charge is 2.17. The van der Waals surface area contributed by atoms with Crippen molar-refractivity contribution in [3.63, 3.8) is 0 Å². The lowest BCUT2D eigenvalue weighted by Gasteiger charge is -2.29. The summed E-state index contributed by atoms with van der Waals surface area (Å²) in [5, 5.41) is 0. The molecule has 1 heterocycles. The maximum absolute atomic E-state index is 6.11. The van der Waals surface area contributed by atoms with E-state index in [-0.39, 0.29) is 0 Å². The summed E-state index contributed by atoms with van der Waals surface area (Å²) in [4.78, 5) is 2.55. The van der Waals surface area contributed by atoms with Crippen molar-refractivity contribution >= 4 is 5.69 Å². The lowest BCUT2D eigenvalue weighted by atomic mass is 9.98. The van der Waals surface area contributed by atoms with Gasteiger partial charge in [0.1, 0.15) is 0 Å². The van der Waals surface area contributed by atoms with Gasteiger partial charge >= 0.3 is 0 Å². The highest BCUT2D eigenvalue weighted by Crippen LogP contribution is 2.24. The molecule has 0 aromatic heterocycles. The predicted octanol–water partition coefficient (Wildman–Crippen LogP) is 3.65. The quantitative estimate of drug-likeness (QED) is 0.669. The largest absolute Gasteiger partial charge is 0.398 e. The number of aryl methyl sites for hydroxylation is 1. The van der Waals surface area contributed by atoms with E-state index in [0.29, 0.717) is 0 Å². The van der Waals surface area contributed by atoms with Gasteiger partial charge < -0.3 is 5.73 Å². The highest BCUT2D eigenvalue weighted by atomic mass is 15.1. The zero-order valence-electron chi connectivity index (χ0n) is 12.6. The Hall–Kier alpha value is -1.80. The van der Waals surface area contributed by atoms with Crippen molar-refractivity contribution in [1.29, 1.82) is 0 Å². The molecule has 0 amide bonds. The standard InChI is InChI=1S/C19H24N2/c20-19-11-6-10-17-12-14-21(15-18(17)19)13-5-4-9-16-7-2-1-3-8-16/h1-3,6-8,10-11H,4-5,9,12-15,20H2. The number of hydrogen-bond acceptors (Lipinski definition) is 2. The minimum atomic E-state index is 0.960. The van der Waals surface area contributed by atoms with Crippen molar-refractivity contribution in [1.82, 2.24) is 4.90 Å². The fourth-order valence-corrected chi connectivity index (χ4v) is 3.16. The monoisotopic (exact) mass is 280 g/mol. The summed E-state index contributed by atoms with van der Waals surface area (Å²) in [5.41, 5.74) is 11.3. The number of benzene rings is 2. The molecule has 0 aliphatic carbocycles. The SMILES string of the molecule is Nc1cccc2c1CN(CCCCc1ccccc1)CC2. The third kappa shape index (κ3) is 3.64. The Labute approximate surface area is 127 Å². The first-order valence-corrected chi connectivity index (χ1v) is 7.95. The van der Waals surface area contributed by atoms with Crippen LogP contribution in [0.1, 0.15) is 29.5 Å². The Balaban J connectivity index is 1.46. The summed E-state index contributed by atoms with van der Waals surface area (Å²) >= 11 is 0. The van der Waals surface area contributed by atoms with Crippen LogP contribution in [0.5, 0.6) is 0 Å². The molecule has 0 saturated carbocycles. The number of hydrogen-bond donors (Lipinski definition) is 1. The molecule has 0 atom stereocenters. The van der Waals surface area contributed by atoms with E-state index < -0.39 is 0 Å². The van der Waals surface area contributed by atoms with Crippen LogP contribution in [-0.2, 0) is 19.4 Å².